The highest BCUT2D eigenvalue weighted by Crippen LogP contribution is 2.36. The van der Waals surface area contributed by atoms with E-state index in [0.717, 1.165) is 5.01 Å². The Balaban J connectivity index is 1.66. The number of hydrogen-bond donors (Lipinski definition) is 3. The van der Waals surface area contributed by atoms with Crippen LogP contribution in [0.25, 0.3) is 33.1 Å². The van der Waals surface area contributed by atoms with Crippen molar-refractivity contribution in [2.24, 2.45) is 0 Å². The maximum atomic E-state index is 15.9. The van der Waals surface area contributed by atoms with E-state index >= 15 is 4.39 Å². The van der Waals surface area contributed by atoms with E-state index in [4.69, 9.17) is 0 Å². The summed E-state index contributed by atoms with van der Waals surface area (Å²) in [6.07, 6.45) is 4.73. The second-order valence-electron chi connectivity index (χ2n) is 8.80. The molecule has 0 fully saturated rings. The van der Waals surface area contributed by atoms with E-state index in [1.807, 2.05) is 37.6 Å². The minimum atomic E-state index is -1.02. The van der Waals surface area contributed by atoms with E-state index in [-0.39, 0.29) is 23.8 Å². The fraction of sp³-hybridized carbons (Fsp3) is 0.250. The fourth-order valence-electron chi connectivity index (χ4n) is 3.91. The highest BCUT2D eigenvalue weighted by atomic mass is 32.1. The number of anilines is 1. The van der Waals surface area contributed by atoms with Gasteiger partial charge in [-0.2, -0.15) is 0 Å². The Morgan fingerprint density at radius 3 is 2.75 bits per heavy atom. The van der Waals surface area contributed by atoms with Gasteiger partial charge < -0.3 is 15.4 Å². The molecule has 0 aliphatic heterocycles. The monoisotopic (exact) mass is 523 g/mol. The van der Waals surface area contributed by atoms with Crippen molar-refractivity contribution < 1.29 is 14.3 Å². The van der Waals surface area contributed by atoms with E-state index in [1.54, 1.807) is 24.7 Å². The predicted molar refractivity (Wildman–Crippen MR) is 138 cm³/mol. The second-order valence-corrected chi connectivity index (χ2v) is 10.6. The zero-order chi connectivity index (χ0) is 25.4. The summed E-state index contributed by atoms with van der Waals surface area (Å²) in [6, 6.07) is 2.88. The van der Waals surface area contributed by atoms with Gasteiger partial charge in [0.25, 0.3) is 0 Å². The molecule has 0 aromatic carbocycles. The van der Waals surface area contributed by atoms with E-state index < -0.39 is 23.2 Å². The lowest BCUT2D eigenvalue weighted by Gasteiger charge is -2.33. The van der Waals surface area contributed by atoms with Crippen LogP contribution in [-0.4, -0.2) is 47.0 Å². The molecule has 0 aliphatic carbocycles. The molecule has 12 heteroatoms. The van der Waals surface area contributed by atoms with E-state index in [9.17, 15) is 9.90 Å². The normalized spacial score (nSPS) is 12.7. The first-order valence-electron chi connectivity index (χ1n) is 11.0. The van der Waals surface area contributed by atoms with Gasteiger partial charge >= 0.3 is 5.97 Å². The molecular weight excluding hydrogens is 501 g/mol. The number of aromatic nitrogens is 6. The van der Waals surface area contributed by atoms with Crippen LogP contribution in [0.4, 0.5) is 10.2 Å². The molecule has 0 radical (unpaired) electrons. The van der Waals surface area contributed by atoms with Crippen molar-refractivity contribution in [3.05, 3.63) is 58.0 Å². The molecule has 0 aliphatic rings. The number of fused-ring (bicyclic) bond motifs is 1. The largest absolute Gasteiger partial charge is 0.481 e. The van der Waals surface area contributed by atoms with Crippen LogP contribution >= 0.6 is 22.7 Å². The Kier molecular flexibility index (Phi) is 6.22. The van der Waals surface area contributed by atoms with Gasteiger partial charge in [0.05, 0.1) is 28.8 Å². The molecule has 9 nitrogen and oxygen atoms in total. The number of rotatable bonds is 8. The summed E-state index contributed by atoms with van der Waals surface area (Å²) in [5.74, 6) is -1.52. The number of H-pyrrole nitrogens is 1. The number of thiophene rings is 1. The van der Waals surface area contributed by atoms with Crippen LogP contribution in [0.5, 0.6) is 0 Å². The van der Waals surface area contributed by atoms with Crippen LogP contribution in [0.15, 0.2) is 41.5 Å². The summed E-state index contributed by atoms with van der Waals surface area (Å²) in [7, 11) is 0. The van der Waals surface area contributed by atoms with Gasteiger partial charge in [-0.3, -0.25) is 4.79 Å². The molecule has 0 bridgehead atoms. The van der Waals surface area contributed by atoms with Crippen LogP contribution in [0, 0.1) is 12.7 Å². The maximum Gasteiger partial charge on any atom is 0.305 e. The number of thiazole rings is 1. The van der Waals surface area contributed by atoms with E-state index in [2.05, 4.69) is 35.2 Å². The van der Waals surface area contributed by atoms with Crippen LogP contribution in [0.3, 0.4) is 0 Å². The summed E-state index contributed by atoms with van der Waals surface area (Å²) in [5.41, 5.74) is 1.80. The molecule has 0 amide bonds. The van der Waals surface area contributed by atoms with Crippen molar-refractivity contribution in [2.75, 3.05) is 5.32 Å². The molecule has 5 heterocycles. The molecule has 5 aromatic heterocycles. The van der Waals surface area contributed by atoms with Gasteiger partial charge in [-0.25, -0.2) is 29.3 Å². The fourth-order valence-corrected chi connectivity index (χ4v) is 5.43. The van der Waals surface area contributed by atoms with Gasteiger partial charge in [-0.1, -0.05) is 19.9 Å². The van der Waals surface area contributed by atoms with Crippen molar-refractivity contribution in [1.29, 1.82) is 0 Å². The molecule has 5 aromatic rings. The van der Waals surface area contributed by atoms with Gasteiger partial charge in [-0.05, 0) is 18.4 Å². The van der Waals surface area contributed by atoms with Gasteiger partial charge in [0.2, 0.25) is 0 Å². The van der Waals surface area contributed by atoms with Crippen molar-refractivity contribution in [3.63, 3.8) is 0 Å². The number of carboxylic acids is 1. The Bertz CT molecular complexity index is 1530. The number of halogens is 1. The Labute approximate surface area is 213 Å². The highest BCUT2D eigenvalue weighted by molar-refractivity contribution is 7.13. The van der Waals surface area contributed by atoms with Crippen molar-refractivity contribution in [3.8, 4) is 22.0 Å². The third kappa shape index (κ3) is 4.44. The summed E-state index contributed by atoms with van der Waals surface area (Å²) in [6.45, 7) is 5.59. The lowest BCUT2D eigenvalue weighted by molar-refractivity contribution is -0.137. The van der Waals surface area contributed by atoms with Crippen LogP contribution in [-0.2, 0) is 10.2 Å². The number of aryl methyl sites for hydroxylation is 1. The molecule has 1 unspecified atom stereocenters. The van der Waals surface area contributed by atoms with Gasteiger partial charge in [0.15, 0.2) is 23.1 Å². The summed E-state index contributed by atoms with van der Waals surface area (Å²) < 4.78 is 15.9. The third-order valence-electron chi connectivity index (χ3n) is 5.89. The number of carboxylic acid groups (broad SMARTS) is 1. The van der Waals surface area contributed by atoms with Gasteiger partial charge in [0.1, 0.15) is 16.2 Å². The Morgan fingerprint density at radius 1 is 1.22 bits per heavy atom. The Hall–Kier alpha value is -3.77. The van der Waals surface area contributed by atoms with Crippen LogP contribution < -0.4 is 5.32 Å². The quantitative estimate of drug-likeness (QED) is 0.250. The SMILES string of the molecule is Cc1cnc2[nH]cc(-c3nc(NC(CC(=O)O)C(C)(C)c4nccs4)c(F)c(-c4cccs4)n3)c2n1. The highest BCUT2D eigenvalue weighted by Gasteiger charge is 2.36. The number of hydrogen-bond acceptors (Lipinski definition) is 9. The van der Waals surface area contributed by atoms with Crippen LogP contribution in [0.1, 0.15) is 31.0 Å². The van der Waals surface area contributed by atoms with Crippen molar-refractivity contribution in [2.45, 2.75) is 38.6 Å². The number of nitrogens with one attached hydrogen (secondary N) is 2. The minimum absolute atomic E-state index is 0.0887. The third-order valence-corrected chi connectivity index (χ3v) is 7.88. The van der Waals surface area contributed by atoms with Gasteiger partial charge in [-0.15, -0.1) is 22.7 Å². The average Bonchev–Trinajstić information content (AvgIpc) is 3.61. The zero-order valence-electron chi connectivity index (χ0n) is 19.6. The number of nitrogens with zero attached hydrogens (tertiary/aromatic N) is 5. The second kappa shape index (κ2) is 9.36. The van der Waals surface area contributed by atoms with Crippen LogP contribution in [0.2, 0.25) is 0 Å². The molecule has 36 heavy (non-hydrogen) atoms. The van der Waals surface area contributed by atoms with Gasteiger partial charge in [0, 0.05) is 29.2 Å². The topological polar surface area (TPSA) is 130 Å². The average molecular weight is 524 g/mol. The maximum absolute atomic E-state index is 15.9. The molecule has 3 N–H and O–H groups in total. The summed E-state index contributed by atoms with van der Waals surface area (Å²) >= 11 is 2.76. The number of aromatic amines is 1. The molecule has 5 rings (SSSR count). The summed E-state index contributed by atoms with van der Waals surface area (Å²) in [4.78, 5) is 37.8. The lowest BCUT2D eigenvalue weighted by atomic mass is 9.83. The first-order chi connectivity index (χ1) is 17.2. The first-order valence-corrected chi connectivity index (χ1v) is 12.8. The molecule has 0 saturated carbocycles. The van der Waals surface area contributed by atoms with Crippen molar-refractivity contribution >= 4 is 45.6 Å². The van der Waals surface area contributed by atoms with E-state index in [0.29, 0.717) is 27.3 Å². The minimum Gasteiger partial charge on any atom is -0.481 e. The molecular formula is C24H22FN7O2S2. The summed E-state index contributed by atoms with van der Waals surface area (Å²) in [5, 5.41) is 17.1. The molecule has 1 atom stereocenters. The number of carbonyl (C=O) groups is 1. The number of aliphatic carboxylic acids is 1. The Morgan fingerprint density at radius 2 is 2.06 bits per heavy atom. The lowest BCUT2D eigenvalue weighted by Crippen LogP contribution is -2.42. The smallest absolute Gasteiger partial charge is 0.305 e. The van der Waals surface area contributed by atoms with Crippen molar-refractivity contribution in [1.82, 2.24) is 29.9 Å². The molecule has 0 spiro atoms. The predicted octanol–water partition coefficient (Wildman–Crippen LogP) is 5.28. The molecule has 184 valence electrons. The zero-order valence-corrected chi connectivity index (χ0v) is 21.2. The standard InChI is InChI=1S/C24H22FN7O2S2/c1-12-10-27-22-18(29-12)13(11-28-22)20-31-19(14-5-4-7-35-14)17(25)21(32-20)30-15(9-16(33)34)24(2,3)23-26-6-8-36-23/h4-8,10-11,15H,9H2,1-3H3,(H,27,28)(H,33,34)(H,30,31,32). The van der Waals surface area contributed by atoms with E-state index in [1.165, 1.54) is 22.7 Å². The molecule has 0 saturated heterocycles. The first kappa shape index (κ1) is 23.9.